The van der Waals surface area contributed by atoms with Gasteiger partial charge in [-0.15, -0.1) is 11.8 Å². The monoisotopic (exact) mass is 760 g/mol. The number of hydrogen-bond donors (Lipinski definition) is 1. The van der Waals surface area contributed by atoms with Crippen LogP contribution in [0, 0.1) is 18.6 Å². The molecule has 1 atom stereocenters. The van der Waals surface area contributed by atoms with E-state index in [4.69, 9.17) is 14.3 Å². The zero-order chi connectivity index (χ0) is 45.5. The van der Waals surface area contributed by atoms with E-state index >= 15 is 4.79 Å². The highest BCUT2D eigenvalue weighted by Gasteiger charge is 2.33. The summed E-state index contributed by atoms with van der Waals surface area (Å²) in [6.07, 6.45) is -5.87. The molecule has 0 radical (unpaired) electrons. The lowest BCUT2D eigenvalue weighted by Crippen LogP contribution is -2.50. The number of carbonyl (C=O) groups excluding carboxylic acids is 1. The first-order valence-electron chi connectivity index (χ1n) is 21.3. The molecule has 1 N–H and O–H groups in total. The molecule has 1 amide bonds. The average molecular weight is 761 g/mol. The number of carbonyl (C=O) groups is 1. The molecule has 280 valence electrons. The number of aliphatic hydroxyl groups is 1. The number of anilines is 1. The molecule has 1 unspecified atom stereocenters. The van der Waals surface area contributed by atoms with Crippen molar-refractivity contribution >= 4 is 23.4 Å². The normalized spacial score (nSPS) is 19.9. The van der Waals surface area contributed by atoms with Crippen LogP contribution in [0.4, 0.5) is 27.6 Å². The van der Waals surface area contributed by atoms with Crippen molar-refractivity contribution in [1.82, 2.24) is 9.80 Å². The summed E-state index contributed by atoms with van der Waals surface area (Å²) in [6, 6.07) is 11.6. The molecule has 2 heterocycles. The number of benzene rings is 4. The van der Waals surface area contributed by atoms with E-state index < -0.39 is 95.6 Å². The Morgan fingerprint density at radius 1 is 1.06 bits per heavy atom. The topological polar surface area (TPSA) is 56.3 Å². The summed E-state index contributed by atoms with van der Waals surface area (Å²) >= 11 is 0.602. The lowest BCUT2D eigenvalue weighted by Gasteiger charge is -2.40. The van der Waals surface area contributed by atoms with Crippen molar-refractivity contribution < 1.29 is 48.9 Å². The Balaban J connectivity index is 1.39. The summed E-state index contributed by atoms with van der Waals surface area (Å²) in [6.45, 7) is -1.20. The third kappa shape index (κ3) is 9.29. The molecule has 0 bridgehead atoms. The van der Waals surface area contributed by atoms with Gasteiger partial charge >= 0.3 is 6.18 Å². The second-order valence-electron chi connectivity index (χ2n) is 12.7. The van der Waals surface area contributed by atoms with E-state index in [1.165, 1.54) is 36.1 Å². The number of likely N-dealkylation sites (tertiary alicyclic amines) is 1. The third-order valence-electron chi connectivity index (χ3n) is 9.13. The van der Waals surface area contributed by atoms with Gasteiger partial charge in [-0.3, -0.25) is 4.79 Å². The Morgan fingerprint density at radius 3 is 2.43 bits per heavy atom. The minimum atomic E-state index is -4.52. The van der Waals surface area contributed by atoms with Crippen LogP contribution >= 0.6 is 11.8 Å². The predicted molar refractivity (Wildman–Crippen MR) is 198 cm³/mol. The van der Waals surface area contributed by atoms with E-state index in [1.54, 1.807) is 24.3 Å². The van der Waals surface area contributed by atoms with Crippen LogP contribution in [0.3, 0.4) is 0 Å². The van der Waals surface area contributed by atoms with Crippen molar-refractivity contribution in [2.75, 3.05) is 44.7 Å². The van der Waals surface area contributed by atoms with Crippen LogP contribution in [0.1, 0.15) is 59.1 Å². The fourth-order valence-electron chi connectivity index (χ4n) is 6.27. The highest BCUT2D eigenvalue weighted by molar-refractivity contribution is 8.02. The molecule has 6 rings (SSSR count). The van der Waals surface area contributed by atoms with Gasteiger partial charge in [-0.2, -0.15) is 13.2 Å². The molecule has 0 aliphatic carbocycles. The van der Waals surface area contributed by atoms with Crippen LogP contribution in [0.2, 0.25) is 0 Å². The lowest BCUT2D eigenvalue weighted by molar-refractivity contribution is -0.137. The van der Waals surface area contributed by atoms with Gasteiger partial charge in [-0.05, 0) is 66.7 Å². The summed E-state index contributed by atoms with van der Waals surface area (Å²) in [5, 5.41) is 11.0. The highest BCUT2D eigenvalue weighted by atomic mass is 32.2. The van der Waals surface area contributed by atoms with Crippen LogP contribution in [0.15, 0.2) is 95.9 Å². The number of nitrogens with zero attached hydrogens (tertiary/aromatic N) is 3. The minimum Gasteiger partial charge on any atom is -0.384 e. The van der Waals surface area contributed by atoms with Crippen LogP contribution in [0.25, 0.3) is 11.1 Å². The van der Waals surface area contributed by atoms with Gasteiger partial charge in [-0.1, -0.05) is 66.2 Å². The largest absolute Gasteiger partial charge is 0.416 e. The molecule has 0 spiro atoms. The number of ether oxygens (including phenoxy) is 1. The molecule has 4 aromatic carbocycles. The maximum atomic E-state index is 15.1. The average Bonchev–Trinajstić information content (AvgIpc) is 3.22. The molecule has 2 aliphatic heterocycles. The fraction of sp³-hybridized carbons (Fsp3) is 0.341. The highest BCUT2D eigenvalue weighted by Crippen LogP contribution is 2.41. The molecule has 4 aromatic rings. The number of fused-ring (bicyclic) bond motifs is 1. The van der Waals surface area contributed by atoms with E-state index in [2.05, 4.69) is 0 Å². The maximum Gasteiger partial charge on any atom is 0.416 e. The Hall–Kier alpha value is -4.23. The van der Waals surface area contributed by atoms with Crippen molar-refractivity contribution in [2.24, 2.45) is 0 Å². The SMILES string of the molecule is [2H]C1=C(SCc2cccc(F)c2F)N(C([2H])([2H])C(=O)N(Cc2ccc(-c3ccc(C(F)(F)F)cc3)cc2)C2CCN(CCOC([2H])([2H])[2H])CC2)c2c([2H])c([2H])c(C)c([2H])c2C1O. The lowest BCUT2D eigenvalue weighted by atomic mass is 9.99. The van der Waals surface area contributed by atoms with Crippen LogP contribution < -0.4 is 4.90 Å². The van der Waals surface area contributed by atoms with Gasteiger partial charge in [0.1, 0.15) is 12.6 Å². The van der Waals surface area contributed by atoms with Crippen LogP contribution in [-0.4, -0.2) is 66.6 Å². The minimum absolute atomic E-state index is 0.0391. The number of hydrogen-bond acceptors (Lipinski definition) is 6. The maximum absolute atomic E-state index is 15.1. The van der Waals surface area contributed by atoms with E-state index in [9.17, 15) is 29.8 Å². The van der Waals surface area contributed by atoms with E-state index in [0.29, 0.717) is 46.4 Å². The first-order chi connectivity index (χ1) is 29.0. The molecule has 53 heavy (non-hydrogen) atoms. The summed E-state index contributed by atoms with van der Waals surface area (Å²) in [5.74, 6) is -3.96. The van der Waals surface area contributed by atoms with Gasteiger partial charge in [0.15, 0.2) is 11.6 Å². The molecular formula is C41H42F5N3O3S. The standard InChI is InChI=1S/C41H42F5N3O3S/c1-27-6-15-36-34(22-27)37(50)23-39(53-26-31-4-3-5-35(42)40(31)43)49(36)25-38(51)48(33-16-18-47(19-17-33)20-21-52-2)24-28-7-9-29(10-8-28)30-11-13-32(14-12-30)41(44,45)46/h3-15,22-23,33,37,50H,16-21,24-26H2,1-2H3/i2D3,6D,15D,22D,23D,25D2. The second-order valence-corrected chi connectivity index (χ2v) is 13.7. The van der Waals surface area contributed by atoms with Crippen molar-refractivity contribution in [3.63, 3.8) is 0 Å². The Labute approximate surface area is 323 Å². The number of piperidine rings is 1. The molecule has 2 aliphatic rings. The summed E-state index contributed by atoms with van der Waals surface area (Å²) < 4.78 is 150. The smallest absolute Gasteiger partial charge is 0.384 e. The number of thioether (sulfide) groups is 1. The summed E-state index contributed by atoms with van der Waals surface area (Å²) in [4.78, 5) is 19.0. The van der Waals surface area contributed by atoms with E-state index in [0.717, 1.165) is 18.2 Å². The number of amides is 1. The fourth-order valence-corrected chi connectivity index (χ4v) is 7.24. The van der Waals surface area contributed by atoms with E-state index in [1.807, 2.05) is 4.90 Å². The number of rotatable bonds is 12. The Bertz CT molecular complexity index is 2330. The predicted octanol–water partition coefficient (Wildman–Crippen LogP) is 8.73. The number of alkyl halides is 3. The summed E-state index contributed by atoms with van der Waals surface area (Å²) in [7, 11) is -2.59. The Kier molecular flexibility index (Phi) is 8.98. The molecular weight excluding hydrogens is 710 g/mol. The molecule has 12 heteroatoms. The van der Waals surface area contributed by atoms with Crippen LogP contribution in [0.5, 0.6) is 0 Å². The number of halogens is 5. The first kappa shape index (κ1) is 28.2. The van der Waals surface area contributed by atoms with Gasteiger partial charge < -0.3 is 24.5 Å². The quantitative estimate of drug-likeness (QED) is 0.146. The van der Waals surface area contributed by atoms with Gasteiger partial charge in [0, 0.05) is 61.8 Å². The van der Waals surface area contributed by atoms with Crippen molar-refractivity contribution in [2.45, 2.75) is 50.4 Å². The molecule has 0 saturated carbocycles. The first-order valence-corrected chi connectivity index (χ1v) is 17.8. The zero-order valence-electron chi connectivity index (χ0n) is 37.6. The Morgan fingerprint density at radius 2 is 1.75 bits per heavy atom. The molecule has 6 nitrogen and oxygen atoms in total. The van der Waals surface area contributed by atoms with E-state index in [-0.39, 0.29) is 49.2 Å². The van der Waals surface area contributed by atoms with Gasteiger partial charge in [0.25, 0.3) is 0 Å². The van der Waals surface area contributed by atoms with Crippen molar-refractivity contribution in [3.8, 4) is 11.1 Å². The van der Waals surface area contributed by atoms with Crippen molar-refractivity contribution in [1.29, 1.82) is 0 Å². The zero-order valence-corrected chi connectivity index (χ0v) is 29.4. The van der Waals surface area contributed by atoms with Gasteiger partial charge in [-0.25, -0.2) is 8.78 Å². The molecule has 1 saturated heterocycles. The van der Waals surface area contributed by atoms with Gasteiger partial charge in [0.2, 0.25) is 5.91 Å². The summed E-state index contributed by atoms with van der Waals surface area (Å²) in [5.41, 5.74) is -0.390. The van der Waals surface area contributed by atoms with Crippen molar-refractivity contribution in [3.05, 3.63) is 135 Å². The third-order valence-corrected chi connectivity index (χ3v) is 10.2. The van der Waals surface area contributed by atoms with Crippen LogP contribution in [-0.2, 0) is 28.0 Å². The number of aliphatic hydroxyl groups excluding tert-OH is 1. The van der Waals surface area contributed by atoms with Gasteiger partial charge in [0.05, 0.1) is 29.5 Å². The molecule has 1 fully saturated rings. The second kappa shape index (κ2) is 16.8. The molecule has 0 aromatic heterocycles. The number of methoxy groups -OCH3 is 1.